The van der Waals surface area contributed by atoms with Gasteiger partial charge in [-0.05, 0) is 35.4 Å². The Kier molecular flexibility index (Phi) is 3.06. The molecule has 3 aromatic rings. The standard InChI is InChI=1S/C15H12O3S/c16-7-9-5-12-14(6-10(9)8-17)19-13-4-2-1-3-11(13)15(12)18/h1-6,16-17H,7-8H2. The molecule has 0 unspecified atom stereocenters. The first-order valence-corrected chi connectivity index (χ1v) is 6.75. The van der Waals surface area contributed by atoms with Gasteiger partial charge in [0.2, 0.25) is 0 Å². The predicted molar refractivity (Wildman–Crippen MR) is 77.4 cm³/mol. The van der Waals surface area contributed by atoms with E-state index in [9.17, 15) is 15.0 Å². The van der Waals surface area contributed by atoms with Crippen molar-refractivity contribution in [3.05, 3.63) is 57.7 Å². The van der Waals surface area contributed by atoms with Gasteiger partial charge in [-0.1, -0.05) is 12.1 Å². The van der Waals surface area contributed by atoms with Crippen molar-refractivity contribution >= 4 is 31.5 Å². The number of rotatable bonds is 2. The van der Waals surface area contributed by atoms with Gasteiger partial charge in [0.1, 0.15) is 0 Å². The maximum absolute atomic E-state index is 12.4. The first-order chi connectivity index (χ1) is 9.24. The van der Waals surface area contributed by atoms with Crippen molar-refractivity contribution in [2.75, 3.05) is 0 Å². The van der Waals surface area contributed by atoms with E-state index in [1.165, 1.54) is 11.3 Å². The van der Waals surface area contributed by atoms with Crippen LogP contribution >= 0.6 is 11.3 Å². The summed E-state index contributed by atoms with van der Waals surface area (Å²) in [5.74, 6) is 0. The van der Waals surface area contributed by atoms with Crippen LogP contribution in [0.3, 0.4) is 0 Å². The lowest BCUT2D eigenvalue weighted by atomic mass is 10.1. The Bertz CT molecular complexity index is 821. The van der Waals surface area contributed by atoms with Gasteiger partial charge in [-0.15, -0.1) is 11.3 Å². The molecule has 0 amide bonds. The Hall–Kier alpha value is -1.75. The van der Waals surface area contributed by atoms with Crippen LogP contribution in [0.2, 0.25) is 0 Å². The smallest absolute Gasteiger partial charge is 0.195 e. The molecule has 0 aliphatic carbocycles. The number of benzene rings is 2. The van der Waals surface area contributed by atoms with Crippen molar-refractivity contribution in [2.24, 2.45) is 0 Å². The largest absolute Gasteiger partial charge is 0.392 e. The zero-order valence-corrected chi connectivity index (χ0v) is 10.9. The van der Waals surface area contributed by atoms with Gasteiger partial charge < -0.3 is 10.2 Å². The van der Waals surface area contributed by atoms with Gasteiger partial charge >= 0.3 is 0 Å². The number of aliphatic hydroxyl groups is 2. The maximum Gasteiger partial charge on any atom is 0.195 e. The van der Waals surface area contributed by atoms with Crippen LogP contribution in [-0.2, 0) is 13.2 Å². The van der Waals surface area contributed by atoms with Gasteiger partial charge in [-0.25, -0.2) is 0 Å². The Morgan fingerprint density at radius 1 is 0.895 bits per heavy atom. The second kappa shape index (κ2) is 4.74. The molecule has 0 aliphatic rings. The molecule has 1 heterocycles. The van der Waals surface area contributed by atoms with E-state index in [0.717, 1.165) is 9.40 Å². The third-order valence-electron chi connectivity index (χ3n) is 3.24. The van der Waals surface area contributed by atoms with E-state index in [4.69, 9.17) is 0 Å². The fourth-order valence-corrected chi connectivity index (χ4v) is 3.35. The van der Waals surface area contributed by atoms with Gasteiger partial charge in [-0.2, -0.15) is 0 Å². The second-order valence-corrected chi connectivity index (χ2v) is 5.44. The van der Waals surface area contributed by atoms with E-state index in [0.29, 0.717) is 21.9 Å². The minimum atomic E-state index is -0.178. The lowest BCUT2D eigenvalue weighted by Crippen LogP contribution is -2.03. The molecule has 1 aromatic heterocycles. The van der Waals surface area contributed by atoms with Crippen LogP contribution in [-0.4, -0.2) is 10.2 Å². The van der Waals surface area contributed by atoms with Crippen LogP contribution < -0.4 is 5.43 Å². The second-order valence-electron chi connectivity index (χ2n) is 4.36. The number of hydrogen-bond acceptors (Lipinski definition) is 4. The van der Waals surface area contributed by atoms with E-state index in [-0.39, 0.29) is 18.6 Å². The highest BCUT2D eigenvalue weighted by atomic mass is 32.1. The van der Waals surface area contributed by atoms with Gasteiger partial charge in [0.05, 0.1) is 13.2 Å². The van der Waals surface area contributed by atoms with Crippen LogP contribution in [0.15, 0.2) is 41.2 Å². The summed E-state index contributed by atoms with van der Waals surface area (Å²) in [6.07, 6.45) is 0. The van der Waals surface area contributed by atoms with Gasteiger partial charge in [0, 0.05) is 20.2 Å². The Morgan fingerprint density at radius 3 is 2.32 bits per heavy atom. The molecule has 2 N–H and O–H groups in total. The molecule has 3 rings (SSSR count). The minimum Gasteiger partial charge on any atom is -0.392 e. The first-order valence-electron chi connectivity index (χ1n) is 5.93. The van der Waals surface area contributed by atoms with Crippen molar-refractivity contribution in [1.29, 1.82) is 0 Å². The van der Waals surface area contributed by atoms with Crippen LogP contribution in [0, 0.1) is 0 Å². The molecule has 2 aromatic carbocycles. The van der Waals surface area contributed by atoms with E-state index in [1.54, 1.807) is 12.1 Å². The van der Waals surface area contributed by atoms with Crippen LogP contribution in [0.4, 0.5) is 0 Å². The van der Waals surface area contributed by atoms with Crippen LogP contribution in [0.25, 0.3) is 20.2 Å². The summed E-state index contributed by atoms with van der Waals surface area (Å²) in [5, 5.41) is 19.9. The predicted octanol–water partition coefficient (Wildman–Crippen LogP) is 2.40. The molecule has 96 valence electrons. The maximum atomic E-state index is 12.4. The lowest BCUT2D eigenvalue weighted by Gasteiger charge is -2.07. The molecule has 4 heteroatoms. The summed E-state index contributed by atoms with van der Waals surface area (Å²) in [4.78, 5) is 12.4. The van der Waals surface area contributed by atoms with Gasteiger partial charge in [-0.3, -0.25) is 4.79 Å². The molecule has 0 saturated carbocycles. The molecule has 0 spiro atoms. The quantitative estimate of drug-likeness (QED) is 0.704. The summed E-state index contributed by atoms with van der Waals surface area (Å²) >= 11 is 1.52. The van der Waals surface area contributed by atoms with Crippen LogP contribution in [0.5, 0.6) is 0 Å². The zero-order chi connectivity index (χ0) is 13.4. The third kappa shape index (κ3) is 1.94. The molecular formula is C15H12O3S. The summed E-state index contributed by atoms with van der Waals surface area (Å²) < 4.78 is 1.77. The van der Waals surface area contributed by atoms with Crippen molar-refractivity contribution < 1.29 is 10.2 Å². The molecule has 0 aliphatic heterocycles. The third-order valence-corrected chi connectivity index (χ3v) is 4.37. The molecule has 0 fully saturated rings. The topological polar surface area (TPSA) is 57.5 Å². The van der Waals surface area contributed by atoms with Crippen molar-refractivity contribution in [3.8, 4) is 0 Å². The highest BCUT2D eigenvalue weighted by molar-refractivity contribution is 7.24. The Labute approximate surface area is 113 Å². The van der Waals surface area contributed by atoms with Gasteiger partial charge in [0.25, 0.3) is 0 Å². The van der Waals surface area contributed by atoms with E-state index >= 15 is 0 Å². The molecular weight excluding hydrogens is 260 g/mol. The number of fused-ring (bicyclic) bond motifs is 2. The normalized spacial score (nSPS) is 11.3. The van der Waals surface area contributed by atoms with E-state index in [2.05, 4.69) is 0 Å². The van der Waals surface area contributed by atoms with E-state index in [1.807, 2.05) is 24.3 Å². The molecule has 0 atom stereocenters. The monoisotopic (exact) mass is 272 g/mol. The fraction of sp³-hybridized carbons (Fsp3) is 0.133. The van der Waals surface area contributed by atoms with Gasteiger partial charge in [0.15, 0.2) is 5.43 Å². The summed E-state index contributed by atoms with van der Waals surface area (Å²) in [7, 11) is 0. The molecule has 0 bridgehead atoms. The highest BCUT2D eigenvalue weighted by Crippen LogP contribution is 2.27. The highest BCUT2D eigenvalue weighted by Gasteiger charge is 2.09. The van der Waals surface area contributed by atoms with Crippen LogP contribution in [0.1, 0.15) is 11.1 Å². The molecule has 0 saturated heterocycles. The first kappa shape index (κ1) is 12.3. The van der Waals surface area contributed by atoms with E-state index < -0.39 is 0 Å². The summed E-state index contributed by atoms with van der Waals surface area (Å²) in [6, 6.07) is 11.0. The zero-order valence-electron chi connectivity index (χ0n) is 10.1. The Balaban J connectivity index is 2.48. The minimum absolute atomic E-state index is 0.0245. The van der Waals surface area contributed by atoms with Crippen molar-refractivity contribution in [2.45, 2.75) is 13.2 Å². The summed E-state index contributed by atoms with van der Waals surface area (Å²) in [6.45, 7) is -0.317. The fourth-order valence-electron chi connectivity index (χ4n) is 2.23. The van der Waals surface area contributed by atoms with Crippen molar-refractivity contribution in [1.82, 2.24) is 0 Å². The average molecular weight is 272 g/mol. The summed E-state index contributed by atoms with van der Waals surface area (Å²) in [5.41, 5.74) is 1.25. The van der Waals surface area contributed by atoms with Crippen molar-refractivity contribution in [3.63, 3.8) is 0 Å². The molecule has 3 nitrogen and oxygen atoms in total. The number of hydrogen-bond donors (Lipinski definition) is 2. The molecule has 19 heavy (non-hydrogen) atoms. The Morgan fingerprint density at radius 2 is 1.58 bits per heavy atom. The average Bonchev–Trinajstić information content (AvgIpc) is 2.46. The lowest BCUT2D eigenvalue weighted by molar-refractivity contribution is 0.260. The SMILES string of the molecule is O=c1c2ccccc2sc2cc(CO)c(CO)cc12. The molecule has 0 radical (unpaired) electrons. The number of aliphatic hydroxyl groups excluding tert-OH is 2.